The molecule has 0 aliphatic carbocycles. The summed E-state index contributed by atoms with van der Waals surface area (Å²) in [6.07, 6.45) is 2.17. The van der Waals surface area contributed by atoms with Crippen LogP contribution in [0.5, 0.6) is 0 Å². The fourth-order valence-corrected chi connectivity index (χ4v) is 4.65. The number of halogens is 3. The van der Waals surface area contributed by atoms with Crippen molar-refractivity contribution in [2.45, 2.75) is 6.42 Å². The molecule has 7 nitrogen and oxygen atoms in total. The quantitative estimate of drug-likeness (QED) is 0.337. The van der Waals surface area contributed by atoms with E-state index in [0.29, 0.717) is 65.2 Å². The number of nitrogens with two attached hydrogens (primary N) is 1. The summed E-state index contributed by atoms with van der Waals surface area (Å²) in [6, 6.07) is 16.0. The second kappa shape index (κ2) is 10.7. The second-order valence-corrected chi connectivity index (χ2v) is 9.35. The predicted molar refractivity (Wildman–Crippen MR) is 145 cm³/mol. The van der Waals surface area contributed by atoms with Crippen molar-refractivity contribution in [1.82, 2.24) is 14.9 Å². The summed E-state index contributed by atoms with van der Waals surface area (Å²) < 4.78 is 29.6. The third kappa shape index (κ3) is 5.03. The number of hydrogen-bond donors (Lipinski definition) is 2. The summed E-state index contributed by atoms with van der Waals surface area (Å²) >= 11 is 6.31. The summed E-state index contributed by atoms with van der Waals surface area (Å²) in [7, 11) is 1.71. The predicted octanol–water partition coefficient (Wildman–Crippen LogP) is 5.54. The Morgan fingerprint density at radius 3 is 2.58 bits per heavy atom. The van der Waals surface area contributed by atoms with Crippen LogP contribution >= 0.6 is 11.6 Å². The highest BCUT2D eigenvalue weighted by atomic mass is 35.5. The summed E-state index contributed by atoms with van der Waals surface area (Å²) in [6.45, 7) is 1.16. The van der Waals surface area contributed by atoms with Crippen LogP contribution in [0.4, 0.5) is 31.8 Å². The number of fused-ring (bicyclic) bond motifs is 3. The molecule has 3 aromatic carbocycles. The fraction of sp³-hybridized carbons (Fsp3) is 0.179. The van der Waals surface area contributed by atoms with Crippen LogP contribution in [0, 0.1) is 11.6 Å². The van der Waals surface area contributed by atoms with Crippen LogP contribution in [-0.4, -0.2) is 47.5 Å². The Labute approximate surface area is 223 Å². The molecule has 2 heterocycles. The Hall–Kier alpha value is -4.08. The fourth-order valence-electron chi connectivity index (χ4n) is 4.48. The van der Waals surface area contributed by atoms with Gasteiger partial charge in [-0.3, -0.25) is 4.79 Å². The van der Waals surface area contributed by atoms with E-state index in [9.17, 15) is 13.6 Å². The van der Waals surface area contributed by atoms with Crippen molar-refractivity contribution >= 4 is 40.5 Å². The molecule has 0 unspecified atom stereocenters. The van der Waals surface area contributed by atoms with Crippen LogP contribution in [0.15, 0.2) is 66.9 Å². The van der Waals surface area contributed by atoms with Crippen molar-refractivity contribution in [3.63, 3.8) is 0 Å². The average molecular weight is 535 g/mol. The topological polar surface area (TPSA) is 87.4 Å². The van der Waals surface area contributed by atoms with E-state index in [1.54, 1.807) is 65.5 Å². The first kappa shape index (κ1) is 25.6. The van der Waals surface area contributed by atoms with Gasteiger partial charge >= 0.3 is 0 Å². The summed E-state index contributed by atoms with van der Waals surface area (Å²) in [5, 5.41) is 3.61. The number of hydrogen-bond acceptors (Lipinski definition) is 6. The number of carbonyl (C=O) groups is 1. The highest BCUT2D eigenvalue weighted by Crippen LogP contribution is 2.42. The zero-order valence-electron chi connectivity index (χ0n) is 20.6. The normalized spacial score (nSPS) is 12.4. The van der Waals surface area contributed by atoms with Crippen LogP contribution in [0.3, 0.4) is 0 Å². The highest BCUT2D eigenvalue weighted by Gasteiger charge is 2.26. The molecule has 0 saturated carbocycles. The van der Waals surface area contributed by atoms with E-state index >= 15 is 0 Å². The molecule has 4 aromatic rings. The summed E-state index contributed by atoms with van der Waals surface area (Å²) in [5.41, 5.74) is 9.35. The van der Waals surface area contributed by atoms with Gasteiger partial charge in [-0.25, -0.2) is 18.7 Å². The number of nitrogens with zero attached hydrogens (tertiary/aromatic N) is 4. The minimum Gasteiger partial charge on any atom is -0.340 e. The minimum absolute atomic E-state index is 0.116. The molecular weight excluding hydrogens is 510 g/mol. The number of benzene rings is 3. The van der Waals surface area contributed by atoms with Crippen molar-refractivity contribution in [2.24, 2.45) is 5.73 Å². The summed E-state index contributed by atoms with van der Waals surface area (Å²) in [5.74, 6) is -1.10. The van der Waals surface area contributed by atoms with Gasteiger partial charge in [-0.1, -0.05) is 17.7 Å². The van der Waals surface area contributed by atoms with Crippen molar-refractivity contribution in [2.75, 3.05) is 36.9 Å². The number of carbonyl (C=O) groups excluding carboxylic acids is 1. The van der Waals surface area contributed by atoms with Gasteiger partial charge in [0.15, 0.2) is 0 Å². The maximum Gasteiger partial charge on any atom is 0.253 e. The largest absolute Gasteiger partial charge is 0.340 e. The molecule has 1 aromatic heterocycles. The van der Waals surface area contributed by atoms with E-state index in [1.165, 1.54) is 18.2 Å². The van der Waals surface area contributed by atoms with Gasteiger partial charge in [-0.2, -0.15) is 0 Å². The van der Waals surface area contributed by atoms with Crippen molar-refractivity contribution < 1.29 is 13.6 Å². The molecule has 1 amide bonds. The summed E-state index contributed by atoms with van der Waals surface area (Å²) in [4.78, 5) is 24.8. The van der Waals surface area contributed by atoms with Crippen molar-refractivity contribution in [1.29, 1.82) is 0 Å². The number of anilines is 4. The number of aromatic nitrogens is 2. The molecule has 1 aliphatic heterocycles. The lowest BCUT2D eigenvalue weighted by atomic mass is 10.0. The van der Waals surface area contributed by atoms with Gasteiger partial charge in [0, 0.05) is 54.7 Å². The monoisotopic (exact) mass is 534 g/mol. The smallest absolute Gasteiger partial charge is 0.253 e. The lowest BCUT2D eigenvalue weighted by Crippen LogP contribution is -2.31. The number of likely N-dealkylation sites (N-methyl/N-ethyl adjacent to an activating group) is 1. The van der Waals surface area contributed by atoms with Crippen molar-refractivity contribution in [3.05, 3.63) is 94.6 Å². The van der Waals surface area contributed by atoms with Gasteiger partial charge in [0.05, 0.1) is 11.4 Å². The Morgan fingerprint density at radius 1 is 1.13 bits per heavy atom. The maximum atomic E-state index is 14.8. The van der Waals surface area contributed by atoms with Gasteiger partial charge in [-0.05, 0) is 66.6 Å². The van der Waals surface area contributed by atoms with E-state index in [2.05, 4.69) is 10.3 Å². The molecule has 0 radical (unpaired) electrons. The van der Waals surface area contributed by atoms with Gasteiger partial charge in [0.2, 0.25) is 5.95 Å². The highest BCUT2D eigenvalue weighted by molar-refractivity contribution is 6.31. The van der Waals surface area contributed by atoms with E-state index in [4.69, 9.17) is 22.3 Å². The number of nitrogens with one attached hydrogen (secondary N) is 1. The molecule has 0 atom stereocenters. The van der Waals surface area contributed by atoms with Gasteiger partial charge in [-0.15, -0.1) is 0 Å². The molecule has 0 bridgehead atoms. The zero-order valence-corrected chi connectivity index (χ0v) is 21.3. The molecule has 0 saturated heterocycles. The van der Waals surface area contributed by atoms with E-state index in [-0.39, 0.29) is 11.6 Å². The lowest BCUT2D eigenvalue weighted by Gasteiger charge is -2.26. The first-order chi connectivity index (χ1) is 18.4. The third-order valence-electron chi connectivity index (χ3n) is 6.38. The second-order valence-electron chi connectivity index (χ2n) is 8.92. The number of para-hydroxylation sites is 1. The van der Waals surface area contributed by atoms with Gasteiger partial charge in [0.25, 0.3) is 5.91 Å². The molecule has 194 valence electrons. The first-order valence-electron chi connectivity index (χ1n) is 12.1. The SMILES string of the molecule is CN(CCN)C(=O)c1ccc(Nc2ncc3c(n2)-c2ccc(Cl)cc2N(c2c(F)cccc2F)CC3)cc1. The number of amides is 1. The Bertz CT molecular complexity index is 1480. The molecule has 0 spiro atoms. The van der Waals surface area contributed by atoms with Gasteiger partial charge < -0.3 is 20.9 Å². The van der Waals surface area contributed by atoms with Crippen LogP contribution in [0.1, 0.15) is 15.9 Å². The van der Waals surface area contributed by atoms with E-state index < -0.39 is 11.6 Å². The van der Waals surface area contributed by atoms with E-state index in [1.807, 2.05) is 0 Å². The molecule has 1 aliphatic rings. The molecule has 38 heavy (non-hydrogen) atoms. The maximum absolute atomic E-state index is 14.8. The minimum atomic E-state index is -0.661. The molecular formula is C28H25ClF2N6O. The molecule has 3 N–H and O–H groups in total. The van der Waals surface area contributed by atoms with E-state index in [0.717, 1.165) is 5.56 Å². The zero-order chi connectivity index (χ0) is 26.8. The van der Waals surface area contributed by atoms with Crippen LogP contribution in [0.2, 0.25) is 5.02 Å². The Balaban J connectivity index is 1.48. The van der Waals surface area contributed by atoms with Crippen LogP contribution in [-0.2, 0) is 6.42 Å². The molecule has 5 rings (SSSR count). The lowest BCUT2D eigenvalue weighted by molar-refractivity contribution is 0.0799. The van der Waals surface area contributed by atoms with Crippen LogP contribution in [0.25, 0.3) is 11.3 Å². The average Bonchev–Trinajstić information content (AvgIpc) is 3.05. The van der Waals surface area contributed by atoms with Crippen LogP contribution < -0.4 is 16.0 Å². The third-order valence-corrected chi connectivity index (χ3v) is 6.62. The van der Waals surface area contributed by atoms with Crippen molar-refractivity contribution in [3.8, 4) is 11.3 Å². The van der Waals surface area contributed by atoms with Gasteiger partial charge in [0.1, 0.15) is 17.3 Å². The first-order valence-corrected chi connectivity index (χ1v) is 12.4. The Kier molecular flexibility index (Phi) is 7.22. The Morgan fingerprint density at radius 2 is 1.87 bits per heavy atom. The molecule has 10 heteroatoms. The number of rotatable bonds is 6. The molecule has 0 fully saturated rings. The standard InChI is InChI=1S/C28H25ClF2N6O/c1-36(14-12-32)27(38)17-5-8-20(9-6-17)34-28-33-16-18-11-13-37(26-22(30)3-2-4-23(26)31)24-15-19(29)7-10-21(24)25(18)35-28/h2-10,15-16H,11-14,32H2,1H3,(H,33,34,35).